The molecule has 1 amide bonds. The average molecular weight is 1040 g/mol. The molecule has 0 spiro atoms. The van der Waals surface area contributed by atoms with Gasteiger partial charge in [0.2, 0.25) is 5.91 Å². The van der Waals surface area contributed by atoms with Gasteiger partial charge in [-0.1, -0.05) is 308 Å². The molecule has 2 unspecified atom stereocenters. The summed E-state index contributed by atoms with van der Waals surface area (Å²) in [6.45, 7) is 4.96. The van der Waals surface area contributed by atoms with E-state index < -0.39 is 12.1 Å². The van der Waals surface area contributed by atoms with Crippen molar-refractivity contribution in [1.29, 1.82) is 0 Å². The molecule has 0 aromatic rings. The van der Waals surface area contributed by atoms with E-state index in [0.29, 0.717) is 25.9 Å². The number of carbonyl (C=O) groups excluding carboxylic acids is 2. The monoisotopic (exact) mass is 1040 g/mol. The van der Waals surface area contributed by atoms with E-state index >= 15 is 0 Å². The molecule has 0 aromatic heterocycles. The summed E-state index contributed by atoms with van der Waals surface area (Å²) in [6.07, 6.45) is 79.3. The molecule has 0 bridgehead atoms. The summed E-state index contributed by atoms with van der Waals surface area (Å²) in [5, 5.41) is 23.3. The first-order valence-corrected chi connectivity index (χ1v) is 33.6. The predicted octanol–water partition coefficient (Wildman–Crippen LogP) is 21.4. The first kappa shape index (κ1) is 72.3. The topological polar surface area (TPSA) is 95.9 Å². The molecular formula is C68H131NO5. The number of ether oxygens (including phenoxy) is 1. The second-order valence-corrected chi connectivity index (χ2v) is 23.1. The summed E-state index contributed by atoms with van der Waals surface area (Å²) in [5.74, 6) is -0.0237. The number of rotatable bonds is 63. The summed E-state index contributed by atoms with van der Waals surface area (Å²) >= 11 is 0. The zero-order valence-electron chi connectivity index (χ0n) is 50.1. The van der Waals surface area contributed by atoms with Gasteiger partial charge in [-0.25, -0.2) is 0 Å². The number of aliphatic hydroxyl groups excluding tert-OH is 2. The second kappa shape index (κ2) is 63.9. The lowest BCUT2D eigenvalue weighted by atomic mass is 10.0. The van der Waals surface area contributed by atoms with Crippen LogP contribution >= 0.6 is 0 Å². The largest absolute Gasteiger partial charge is 0.466 e. The van der Waals surface area contributed by atoms with Gasteiger partial charge < -0.3 is 20.3 Å². The average Bonchev–Trinajstić information content (AvgIpc) is 3.40. The van der Waals surface area contributed by atoms with E-state index in [0.717, 1.165) is 44.9 Å². The van der Waals surface area contributed by atoms with E-state index in [1.807, 2.05) is 0 Å². The number of hydrogen-bond donors (Lipinski definition) is 3. The Morgan fingerprint density at radius 1 is 0.365 bits per heavy atom. The van der Waals surface area contributed by atoms with Crippen molar-refractivity contribution in [3.05, 3.63) is 24.3 Å². The van der Waals surface area contributed by atoms with Gasteiger partial charge in [-0.05, 0) is 77.0 Å². The molecule has 0 aromatic carbocycles. The molecule has 74 heavy (non-hydrogen) atoms. The summed E-state index contributed by atoms with van der Waals surface area (Å²) in [7, 11) is 0. The highest BCUT2D eigenvalue weighted by atomic mass is 16.5. The maximum absolute atomic E-state index is 12.5. The Kier molecular flexibility index (Phi) is 62.4. The van der Waals surface area contributed by atoms with Gasteiger partial charge in [0.05, 0.1) is 25.4 Å². The fourth-order valence-corrected chi connectivity index (χ4v) is 10.6. The molecule has 6 nitrogen and oxygen atoms in total. The van der Waals surface area contributed by atoms with Gasteiger partial charge in [-0.2, -0.15) is 0 Å². The third kappa shape index (κ3) is 59.6. The Hall–Kier alpha value is -1.66. The molecule has 0 aliphatic heterocycles. The number of hydrogen-bond acceptors (Lipinski definition) is 5. The Bertz CT molecular complexity index is 1150. The zero-order valence-corrected chi connectivity index (χ0v) is 50.1. The van der Waals surface area contributed by atoms with Crippen LogP contribution in [0.1, 0.15) is 373 Å². The number of allylic oxidation sites excluding steroid dienone is 4. The van der Waals surface area contributed by atoms with Crippen LogP contribution in [0, 0.1) is 0 Å². The highest BCUT2D eigenvalue weighted by molar-refractivity contribution is 5.76. The lowest BCUT2D eigenvalue weighted by Crippen LogP contribution is -2.45. The van der Waals surface area contributed by atoms with Crippen molar-refractivity contribution in [2.24, 2.45) is 0 Å². The predicted molar refractivity (Wildman–Crippen MR) is 324 cm³/mol. The van der Waals surface area contributed by atoms with Gasteiger partial charge >= 0.3 is 5.97 Å². The molecule has 3 N–H and O–H groups in total. The molecule has 0 radical (unpaired) electrons. The summed E-state index contributed by atoms with van der Waals surface area (Å²) in [4.78, 5) is 24.5. The van der Waals surface area contributed by atoms with Gasteiger partial charge in [0.15, 0.2) is 0 Å². The van der Waals surface area contributed by atoms with Crippen LogP contribution in [0.15, 0.2) is 24.3 Å². The van der Waals surface area contributed by atoms with E-state index in [1.165, 1.54) is 295 Å². The van der Waals surface area contributed by atoms with Crippen molar-refractivity contribution in [1.82, 2.24) is 5.32 Å². The standard InChI is InChI=1S/C68H131NO5/c1-3-5-7-9-11-13-15-17-36-40-44-48-52-56-60-66(71)65(64-70)69-67(72)61-57-53-49-45-41-37-34-32-30-28-26-24-22-20-19-21-23-25-27-29-31-33-35-39-43-47-51-55-59-63-74-68(73)62-58-54-50-46-42-38-18-16-14-12-10-8-6-4-2/h16,18-19,21,65-66,70-71H,3-15,17,20,22-64H2,1-2H3,(H,69,72)/b18-16-,21-19-. The molecule has 0 saturated carbocycles. The normalized spacial score (nSPS) is 12.6. The fourth-order valence-electron chi connectivity index (χ4n) is 10.6. The maximum atomic E-state index is 12.5. The summed E-state index contributed by atoms with van der Waals surface area (Å²) in [5.41, 5.74) is 0. The summed E-state index contributed by atoms with van der Waals surface area (Å²) < 4.78 is 5.48. The van der Waals surface area contributed by atoms with Crippen LogP contribution in [-0.4, -0.2) is 47.4 Å². The molecule has 438 valence electrons. The molecule has 0 heterocycles. The minimum Gasteiger partial charge on any atom is -0.466 e. The Morgan fingerprint density at radius 2 is 0.635 bits per heavy atom. The van der Waals surface area contributed by atoms with Crippen LogP contribution in [0.2, 0.25) is 0 Å². The fraction of sp³-hybridized carbons (Fsp3) is 0.912. The van der Waals surface area contributed by atoms with Crippen LogP contribution < -0.4 is 5.32 Å². The molecule has 0 aliphatic rings. The number of aliphatic hydroxyl groups is 2. The van der Waals surface area contributed by atoms with Crippen molar-refractivity contribution in [3.63, 3.8) is 0 Å². The van der Waals surface area contributed by atoms with Gasteiger partial charge in [0, 0.05) is 12.8 Å². The lowest BCUT2D eigenvalue weighted by Gasteiger charge is -2.22. The molecule has 0 rings (SSSR count). The first-order chi connectivity index (χ1) is 36.5. The van der Waals surface area contributed by atoms with Crippen molar-refractivity contribution >= 4 is 11.9 Å². The highest BCUT2D eigenvalue weighted by Crippen LogP contribution is 2.18. The van der Waals surface area contributed by atoms with Crippen LogP contribution in [0.4, 0.5) is 0 Å². The van der Waals surface area contributed by atoms with E-state index in [9.17, 15) is 19.8 Å². The molecule has 0 aliphatic carbocycles. The zero-order chi connectivity index (χ0) is 53.6. The second-order valence-electron chi connectivity index (χ2n) is 23.1. The van der Waals surface area contributed by atoms with Crippen molar-refractivity contribution in [3.8, 4) is 0 Å². The lowest BCUT2D eigenvalue weighted by molar-refractivity contribution is -0.143. The van der Waals surface area contributed by atoms with Crippen LogP contribution in [-0.2, 0) is 14.3 Å². The van der Waals surface area contributed by atoms with Crippen LogP contribution in [0.3, 0.4) is 0 Å². The molecule has 0 fully saturated rings. The first-order valence-electron chi connectivity index (χ1n) is 33.6. The van der Waals surface area contributed by atoms with Gasteiger partial charge in [-0.3, -0.25) is 9.59 Å². The Morgan fingerprint density at radius 3 is 0.959 bits per heavy atom. The van der Waals surface area contributed by atoms with Crippen molar-refractivity contribution in [2.75, 3.05) is 13.2 Å². The number of amides is 1. The maximum Gasteiger partial charge on any atom is 0.305 e. The molecule has 6 heteroatoms. The smallest absolute Gasteiger partial charge is 0.305 e. The van der Waals surface area contributed by atoms with Crippen molar-refractivity contribution < 1.29 is 24.5 Å². The van der Waals surface area contributed by atoms with E-state index in [-0.39, 0.29) is 18.5 Å². The minimum absolute atomic E-state index is 0.00838. The van der Waals surface area contributed by atoms with Crippen molar-refractivity contribution in [2.45, 2.75) is 386 Å². The van der Waals surface area contributed by atoms with Crippen LogP contribution in [0.5, 0.6) is 0 Å². The quantitative estimate of drug-likeness (QED) is 0.0320. The SMILES string of the molecule is CCCCCCC/C=C\CCCCCCCC(=O)OCCCCCCCCCCCCCC/C=C\CCCCCCCCCCCCCCCC(=O)NC(CO)C(O)CCCCCCCCCCCCCCCC. The summed E-state index contributed by atoms with van der Waals surface area (Å²) in [6, 6.07) is -0.540. The molecule has 2 atom stereocenters. The van der Waals surface area contributed by atoms with E-state index in [1.54, 1.807) is 0 Å². The molecular weight excluding hydrogens is 911 g/mol. The number of carbonyl (C=O) groups is 2. The van der Waals surface area contributed by atoms with Gasteiger partial charge in [0.25, 0.3) is 0 Å². The Balaban J connectivity index is 3.36. The number of unbranched alkanes of at least 4 members (excludes halogenated alkanes) is 48. The van der Waals surface area contributed by atoms with E-state index in [4.69, 9.17) is 4.74 Å². The van der Waals surface area contributed by atoms with Gasteiger partial charge in [0.1, 0.15) is 0 Å². The number of nitrogens with one attached hydrogen (secondary N) is 1. The van der Waals surface area contributed by atoms with Crippen LogP contribution in [0.25, 0.3) is 0 Å². The molecule has 0 saturated heterocycles. The van der Waals surface area contributed by atoms with E-state index in [2.05, 4.69) is 43.5 Å². The minimum atomic E-state index is -0.663. The highest BCUT2D eigenvalue weighted by Gasteiger charge is 2.20. The third-order valence-corrected chi connectivity index (χ3v) is 15.7. The van der Waals surface area contributed by atoms with Gasteiger partial charge in [-0.15, -0.1) is 0 Å². The number of esters is 1. The Labute approximate surface area is 462 Å². The third-order valence-electron chi connectivity index (χ3n) is 15.7.